The van der Waals surface area contributed by atoms with Crippen LogP contribution in [0.2, 0.25) is 0 Å². The summed E-state index contributed by atoms with van der Waals surface area (Å²) in [5, 5.41) is 8.67. The third-order valence-electron chi connectivity index (χ3n) is 2.79. The lowest BCUT2D eigenvalue weighted by atomic mass is 10.2. The van der Waals surface area contributed by atoms with Gasteiger partial charge in [0, 0.05) is 6.54 Å². The Morgan fingerprint density at radius 2 is 1.84 bits per heavy atom. The predicted octanol–water partition coefficient (Wildman–Crippen LogP) is 2.56. The second kappa shape index (κ2) is 7.93. The van der Waals surface area contributed by atoms with Gasteiger partial charge in [-0.15, -0.1) is 0 Å². The maximum absolute atomic E-state index is 11.8. The Morgan fingerprint density at radius 1 is 1.16 bits per heavy atom. The summed E-state index contributed by atoms with van der Waals surface area (Å²) in [4.78, 5) is 0. The zero-order valence-electron chi connectivity index (χ0n) is 11.2. The maximum atomic E-state index is 11.8. The van der Waals surface area contributed by atoms with Gasteiger partial charge in [-0.3, -0.25) is 0 Å². The van der Waals surface area contributed by atoms with Gasteiger partial charge in [0.15, 0.2) is 0 Å². The summed E-state index contributed by atoms with van der Waals surface area (Å²) in [7, 11) is -3.27. The zero-order valence-corrected chi connectivity index (χ0v) is 12.0. The number of nitriles is 1. The average Bonchev–Trinajstić information content (AvgIpc) is 2.39. The molecule has 5 heteroatoms. The number of sulfonamides is 1. The van der Waals surface area contributed by atoms with Gasteiger partial charge in [-0.25, -0.2) is 13.1 Å². The molecule has 0 radical (unpaired) electrons. The second-order valence-corrected chi connectivity index (χ2v) is 6.33. The molecule has 0 saturated heterocycles. The quantitative estimate of drug-likeness (QED) is 0.744. The van der Waals surface area contributed by atoms with Crippen LogP contribution in [0, 0.1) is 11.3 Å². The summed E-state index contributed by atoms with van der Waals surface area (Å²) >= 11 is 0. The van der Waals surface area contributed by atoms with Crippen LogP contribution in [0.1, 0.15) is 43.7 Å². The van der Waals surface area contributed by atoms with E-state index < -0.39 is 10.0 Å². The maximum Gasteiger partial charge on any atom is 0.215 e. The van der Waals surface area contributed by atoms with Crippen molar-refractivity contribution in [2.24, 2.45) is 0 Å². The number of unbranched alkanes of at least 4 members (excludes halogenated alkanes) is 3. The van der Waals surface area contributed by atoms with Crippen molar-refractivity contribution in [2.45, 2.75) is 38.4 Å². The summed E-state index contributed by atoms with van der Waals surface area (Å²) in [6.45, 7) is 2.62. The third kappa shape index (κ3) is 6.37. The van der Waals surface area contributed by atoms with Gasteiger partial charge in [0.2, 0.25) is 10.0 Å². The van der Waals surface area contributed by atoms with E-state index in [1.165, 1.54) is 0 Å². The lowest BCUT2D eigenvalue weighted by Crippen LogP contribution is -2.26. The fraction of sp³-hybridized carbons (Fsp3) is 0.500. The molecule has 104 valence electrons. The molecule has 0 aliphatic heterocycles. The lowest BCUT2D eigenvalue weighted by Gasteiger charge is -2.06. The Balaban J connectivity index is 2.43. The van der Waals surface area contributed by atoms with Crippen molar-refractivity contribution in [3.63, 3.8) is 0 Å². The zero-order chi connectivity index (χ0) is 14.1. The first-order valence-electron chi connectivity index (χ1n) is 6.54. The van der Waals surface area contributed by atoms with Gasteiger partial charge in [0.25, 0.3) is 0 Å². The second-order valence-electron chi connectivity index (χ2n) is 4.52. The fourth-order valence-corrected chi connectivity index (χ4v) is 2.91. The van der Waals surface area contributed by atoms with E-state index in [-0.39, 0.29) is 5.75 Å². The van der Waals surface area contributed by atoms with Gasteiger partial charge in [0.05, 0.1) is 17.4 Å². The van der Waals surface area contributed by atoms with Crippen molar-refractivity contribution in [3.05, 3.63) is 35.4 Å². The van der Waals surface area contributed by atoms with Crippen molar-refractivity contribution in [1.29, 1.82) is 5.26 Å². The van der Waals surface area contributed by atoms with Crippen LogP contribution >= 0.6 is 0 Å². The Kier molecular flexibility index (Phi) is 6.54. The monoisotopic (exact) mass is 280 g/mol. The minimum Gasteiger partial charge on any atom is -0.215 e. The smallest absolute Gasteiger partial charge is 0.215 e. The SMILES string of the molecule is CCCCCCNS(=O)(=O)Cc1ccc(C#N)cc1. The Bertz CT molecular complexity index is 515. The minimum absolute atomic E-state index is 0.0352. The third-order valence-corrected chi connectivity index (χ3v) is 4.15. The average molecular weight is 280 g/mol. The number of nitrogens with one attached hydrogen (secondary N) is 1. The van der Waals surface area contributed by atoms with Crippen LogP contribution in [0.25, 0.3) is 0 Å². The highest BCUT2D eigenvalue weighted by Crippen LogP contribution is 2.07. The molecule has 0 amide bonds. The van der Waals surface area contributed by atoms with E-state index in [2.05, 4.69) is 11.6 Å². The first-order chi connectivity index (χ1) is 9.07. The number of hydrogen-bond acceptors (Lipinski definition) is 3. The van der Waals surface area contributed by atoms with Crippen molar-refractivity contribution < 1.29 is 8.42 Å². The summed E-state index contributed by atoms with van der Waals surface area (Å²) in [5.74, 6) is -0.0352. The topological polar surface area (TPSA) is 70.0 Å². The van der Waals surface area contributed by atoms with Crippen molar-refractivity contribution in [1.82, 2.24) is 4.72 Å². The molecule has 1 aromatic carbocycles. The number of hydrogen-bond donors (Lipinski definition) is 1. The van der Waals surface area contributed by atoms with E-state index in [1.54, 1.807) is 24.3 Å². The highest BCUT2D eigenvalue weighted by molar-refractivity contribution is 7.88. The number of rotatable bonds is 8. The molecule has 0 aromatic heterocycles. The van der Waals surface area contributed by atoms with Crippen LogP contribution < -0.4 is 4.72 Å². The van der Waals surface area contributed by atoms with Gasteiger partial charge < -0.3 is 0 Å². The summed E-state index contributed by atoms with van der Waals surface area (Å²) < 4.78 is 26.2. The van der Waals surface area contributed by atoms with E-state index >= 15 is 0 Å². The largest absolute Gasteiger partial charge is 0.215 e. The van der Waals surface area contributed by atoms with Crippen LogP contribution in [0.3, 0.4) is 0 Å². The van der Waals surface area contributed by atoms with E-state index in [0.717, 1.165) is 25.7 Å². The molecule has 19 heavy (non-hydrogen) atoms. The molecule has 0 atom stereocenters. The van der Waals surface area contributed by atoms with Crippen LogP contribution in [-0.4, -0.2) is 15.0 Å². The molecule has 0 spiro atoms. The molecule has 0 saturated carbocycles. The Hall–Kier alpha value is -1.38. The molecule has 0 aliphatic rings. The van der Waals surface area contributed by atoms with E-state index in [0.29, 0.717) is 17.7 Å². The normalized spacial score (nSPS) is 11.2. The Labute approximate surface area is 115 Å². The highest BCUT2D eigenvalue weighted by atomic mass is 32.2. The molecule has 0 unspecified atom stereocenters. The van der Waals surface area contributed by atoms with Crippen LogP contribution in [0.15, 0.2) is 24.3 Å². The first kappa shape index (κ1) is 15.7. The van der Waals surface area contributed by atoms with Crippen molar-refractivity contribution >= 4 is 10.0 Å². The highest BCUT2D eigenvalue weighted by Gasteiger charge is 2.10. The number of nitrogens with zero attached hydrogens (tertiary/aromatic N) is 1. The van der Waals surface area contributed by atoms with Crippen molar-refractivity contribution in [2.75, 3.05) is 6.54 Å². The van der Waals surface area contributed by atoms with Gasteiger partial charge in [-0.05, 0) is 24.1 Å². The van der Waals surface area contributed by atoms with Crippen LogP contribution in [0.5, 0.6) is 0 Å². The fourth-order valence-electron chi connectivity index (χ4n) is 1.73. The summed E-state index contributed by atoms with van der Waals surface area (Å²) in [6.07, 6.45) is 4.20. The molecule has 4 nitrogen and oxygen atoms in total. The van der Waals surface area contributed by atoms with Gasteiger partial charge >= 0.3 is 0 Å². The van der Waals surface area contributed by atoms with E-state index in [9.17, 15) is 8.42 Å². The Morgan fingerprint density at radius 3 is 2.42 bits per heavy atom. The summed E-state index contributed by atoms with van der Waals surface area (Å²) in [5.41, 5.74) is 1.23. The molecule has 0 fully saturated rings. The van der Waals surface area contributed by atoms with Crippen LogP contribution in [-0.2, 0) is 15.8 Å². The van der Waals surface area contributed by atoms with Gasteiger partial charge in [0.1, 0.15) is 0 Å². The molecule has 0 aliphatic carbocycles. The number of benzene rings is 1. The molecule has 0 heterocycles. The molecule has 1 rings (SSSR count). The molecular formula is C14H20N2O2S. The molecule has 0 bridgehead atoms. The standard InChI is InChI=1S/C14H20N2O2S/c1-2-3-4-5-10-16-19(17,18)12-14-8-6-13(11-15)7-9-14/h6-9,16H,2-5,10,12H2,1H3. The van der Waals surface area contributed by atoms with E-state index in [1.807, 2.05) is 6.07 Å². The first-order valence-corrected chi connectivity index (χ1v) is 8.19. The van der Waals surface area contributed by atoms with Gasteiger partial charge in [-0.2, -0.15) is 5.26 Å². The lowest BCUT2D eigenvalue weighted by molar-refractivity contribution is 0.573. The molecule has 1 aromatic rings. The van der Waals surface area contributed by atoms with Gasteiger partial charge in [-0.1, -0.05) is 38.3 Å². The van der Waals surface area contributed by atoms with Crippen molar-refractivity contribution in [3.8, 4) is 6.07 Å². The molecule has 1 N–H and O–H groups in total. The minimum atomic E-state index is -3.27. The predicted molar refractivity (Wildman–Crippen MR) is 75.9 cm³/mol. The molecular weight excluding hydrogens is 260 g/mol. The summed E-state index contributed by atoms with van der Waals surface area (Å²) in [6, 6.07) is 8.62. The van der Waals surface area contributed by atoms with E-state index in [4.69, 9.17) is 5.26 Å². The van der Waals surface area contributed by atoms with Crippen LogP contribution in [0.4, 0.5) is 0 Å².